The molecule has 0 radical (unpaired) electrons. The Kier molecular flexibility index (Phi) is 6.72. The monoisotopic (exact) mass is 373 g/mol. The van der Waals surface area contributed by atoms with Gasteiger partial charge in [0, 0.05) is 24.8 Å². The smallest absolute Gasteiger partial charge is 0.243 e. The molecule has 3 rings (SSSR count). The summed E-state index contributed by atoms with van der Waals surface area (Å²) in [7, 11) is 3.29. The minimum Gasteiger partial charge on any atom is -0.497 e. The number of benzene rings is 1. The Morgan fingerprint density at radius 1 is 1.22 bits per heavy atom. The summed E-state index contributed by atoms with van der Waals surface area (Å²) in [5.41, 5.74) is 0.668. The first kappa shape index (κ1) is 19.7. The van der Waals surface area contributed by atoms with Crippen molar-refractivity contribution in [1.82, 2.24) is 9.80 Å². The van der Waals surface area contributed by atoms with Gasteiger partial charge in [-0.15, -0.1) is 0 Å². The number of carbonyl (C=O) groups excluding carboxylic acids is 2. The second-order valence-corrected chi connectivity index (χ2v) is 7.75. The molecule has 148 valence electrons. The third-order valence-corrected chi connectivity index (χ3v) is 5.86. The molecule has 2 fully saturated rings. The predicted molar refractivity (Wildman–Crippen MR) is 106 cm³/mol. The first-order valence-electron chi connectivity index (χ1n) is 9.98. The Balaban J connectivity index is 1.50. The van der Waals surface area contributed by atoms with Crippen LogP contribution in [0.15, 0.2) is 24.3 Å². The van der Waals surface area contributed by atoms with Gasteiger partial charge in [-0.05, 0) is 50.3 Å². The van der Waals surface area contributed by atoms with Crippen LogP contribution in [0.1, 0.15) is 38.5 Å². The van der Waals surface area contributed by atoms with Crippen molar-refractivity contribution >= 4 is 17.5 Å². The average Bonchev–Trinajstić information content (AvgIpc) is 2.68. The number of rotatable bonds is 6. The van der Waals surface area contributed by atoms with E-state index in [1.165, 1.54) is 43.4 Å². The number of piperidine rings is 1. The molecular weight excluding hydrogens is 342 g/mol. The highest BCUT2D eigenvalue weighted by Gasteiger charge is 2.34. The highest BCUT2D eigenvalue weighted by atomic mass is 16.5. The fourth-order valence-corrected chi connectivity index (χ4v) is 4.42. The summed E-state index contributed by atoms with van der Waals surface area (Å²) < 4.78 is 5.16. The normalized spacial score (nSPS) is 22.6. The molecular formula is C21H31N3O3. The zero-order valence-electron chi connectivity index (χ0n) is 16.4. The largest absolute Gasteiger partial charge is 0.497 e. The molecule has 0 spiro atoms. The molecule has 0 unspecified atom stereocenters. The van der Waals surface area contributed by atoms with E-state index in [1.807, 2.05) is 12.1 Å². The van der Waals surface area contributed by atoms with Crippen LogP contribution in [0.4, 0.5) is 5.69 Å². The Bertz CT molecular complexity index is 662. The zero-order valence-corrected chi connectivity index (χ0v) is 16.4. The summed E-state index contributed by atoms with van der Waals surface area (Å²) in [6.07, 6.45) is 7.58. The van der Waals surface area contributed by atoms with Crippen molar-refractivity contribution in [2.75, 3.05) is 39.1 Å². The van der Waals surface area contributed by atoms with Crippen molar-refractivity contribution in [3.63, 3.8) is 0 Å². The minimum absolute atomic E-state index is 0.0158. The molecule has 1 saturated carbocycles. The van der Waals surface area contributed by atoms with E-state index in [4.69, 9.17) is 4.74 Å². The fourth-order valence-electron chi connectivity index (χ4n) is 4.42. The molecule has 1 aromatic carbocycles. The van der Waals surface area contributed by atoms with Gasteiger partial charge in [-0.3, -0.25) is 14.5 Å². The third-order valence-electron chi connectivity index (χ3n) is 5.86. The van der Waals surface area contributed by atoms with Gasteiger partial charge in [0.2, 0.25) is 11.8 Å². The van der Waals surface area contributed by atoms with E-state index in [-0.39, 0.29) is 18.4 Å². The van der Waals surface area contributed by atoms with Crippen LogP contribution in [-0.2, 0) is 9.59 Å². The van der Waals surface area contributed by atoms with Gasteiger partial charge in [0.1, 0.15) is 5.75 Å². The Morgan fingerprint density at radius 3 is 2.81 bits per heavy atom. The van der Waals surface area contributed by atoms with Gasteiger partial charge in [0.25, 0.3) is 0 Å². The molecule has 2 aliphatic rings. The molecule has 2 amide bonds. The number of likely N-dealkylation sites (N-methyl/N-ethyl adjacent to an activating group) is 1. The number of hydrogen-bond donors (Lipinski definition) is 1. The molecule has 1 saturated heterocycles. The lowest BCUT2D eigenvalue weighted by Gasteiger charge is -2.44. The average molecular weight is 373 g/mol. The zero-order chi connectivity index (χ0) is 19.2. The van der Waals surface area contributed by atoms with E-state index in [1.54, 1.807) is 26.3 Å². The SMILES string of the molecule is COc1cccc(NC(=O)CN(C)C(=O)CN2CCC[C@H]3CCCC[C@@H]32)c1. The molecule has 27 heavy (non-hydrogen) atoms. The van der Waals surface area contributed by atoms with Crippen LogP contribution >= 0.6 is 0 Å². The van der Waals surface area contributed by atoms with Crippen LogP contribution < -0.4 is 10.1 Å². The highest BCUT2D eigenvalue weighted by Crippen LogP contribution is 2.35. The van der Waals surface area contributed by atoms with Crippen LogP contribution in [0, 0.1) is 5.92 Å². The second kappa shape index (κ2) is 9.22. The predicted octanol–water partition coefficient (Wildman–Crippen LogP) is 2.75. The van der Waals surface area contributed by atoms with Gasteiger partial charge in [-0.2, -0.15) is 0 Å². The molecule has 0 bridgehead atoms. The van der Waals surface area contributed by atoms with E-state index in [2.05, 4.69) is 10.2 Å². The number of fused-ring (bicyclic) bond motifs is 1. The highest BCUT2D eigenvalue weighted by molar-refractivity contribution is 5.94. The lowest BCUT2D eigenvalue weighted by atomic mass is 9.78. The first-order chi connectivity index (χ1) is 13.1. The van der Waals surface area contributed by atoms with Crippen LogP contribution in [0.5, 0.6) is 5.75 Å². The van der Waals surface area contributed by atoms with Crippen LogP contribution in [0.3, 0.4) is 0 Å². The number of hydrogen-bond acceptors (Lipinski definition) is 4. The lowest BCUT2D eigenvalue weighted by molar-refractivity contribution is -0.135. The van der Waals surface area contributed by atoms with E-state index in [0.717, 1.165) is 12.5 Å². The Morgan fingerprint density at radius 2 is 2.00 bits per heavy atom. The molecule has 1 aromatic rings. The standard InChI is InChI=1S/C21H31N3O3/c1-23(14-20(25)22-17-9-5-10-18(13-17)27-2)21(26)15-24-12-6-8-16-7-3-4-11-19(16)24/h5,9-10,13,16,19H,3-4,6-8,11-12,14-15H2,1-2H3,(H,22,25)/t16-,19+/m1/s1. The molecule has 0 aromatic heterocycles. The van der Waals surface area contributed by atoms with Crippen molar-refractivity contribution < 1.29 is 14.3 Å². The van der Waals surface area contributed by atoms with Crippen LogP contribution in [0.2, 0.25) is 0 Å². The van der Waals surface area contributed by atoms with Crippen LogP contribution in [0.25, 0.3) is 0 Å². The number of methoxy groups -OCH3 is 1. The maximum atomic E-state index is 12.7. The number of nitrogens with zero attached hydrogens (tertiary/aromatic N) is 2. The summed E-state index contributed by atoms with van der Waals surface area (Å²) in [5.74, 6) is 1.25. The summed E-state index contributed by atoms with van der Waals surface area (Å²) in [6.45, 7) is 1.47. The van der Waals surface area contributed by atoms with Gasteiger partial charge in [0.15, 0.2) is 0 Å². The molecule has 2 atom stereocenters. The molecule has 1 aliphatic carbocycles. The maximum Gasteiger partial charge on any atom is 0.243 e. The van der Waals surface area contributed by atoms with E-state index in [0.29, 0.717) is 24.0 Å². The van der Waals surface area contributed by atoms with E-state index < -0.39 is 0 Å². The number of amides is 2. The van der Waals surface area contributed by atoms with Gasteiger partial charge >= 0.3 is 0 Å². The first-order valence-corrected chi connectivity index (χ1v) is 9.98. The van der Waals surface area contributed by atoms with Crippen molar-refractivity contribution in [2.24, 2.45) is 5.92 Å². The molecule has 1 aliphatic heterocycles. The lowest BCUT2D eigenvalue weighted by Crippen LogP contribution is -2.51. The summed E-state index contributed by atoms with van der Waals surface area (Å²) in [6, 6.07) is 7.76. The van der Waals surface area contributed by atoms with Crippen molar-refractivity contribution in [3.05, 3.63) is 24.3 Å². The minimum atomic E-state index is -0.201. The second-order valence-electron chi connectivity index (χ2n) is 7.75. The van der Waals surface area contributed by atoms with Crippen molar-refractivity contribution in [1.29, 1.82) is 0 Å². The summed E-state index contributed by atoms with van der Waals surface area (Å²) >= 11 is 0. The van der Waals surface area contributed by atoms with Crippen molar-refractivity contribution in [3.8, 4) is 5.75 Å². The molecule has 6 nitrogen and oxygen atoms in total. The molecule has 1 heterocycles. The fraction of sp³-hybridized carbons (Fsp3) is 0.619. The van der Waals surface area contributed by atoms with Gasteiger partial charge in [-0.25, -0.2) is 0 Å². The number of anilines is 1. The Labute approximate surface area is 161 Å². The number of carbonyl (C=O) groups is 2. The number of likely N-dealkylation sites (tertiary alicyclic amines) is 1. The topological polar surface area (TPSA) is 61.9 Å². The maximum absolute atomic E-state index is 12.7. The molecule has 1 N–H and O–H groups in total. The van der Waals surface area contributed by atoms with Gasteiger partial charge < -0.3 is 15.0 Å². The van der Waals surface area contributed by atoms with Gasteiger partial charge in [0.05, 0.1) is 20.2 Å². The van der Waals surface area contributed by atoms with E-state index in [9.17, 15) is 9.59 Å². The van der Waals surface area contributed by atoms with E-state index >= 15 is 0 Å². The summed E-state index contributed by atoms with van der Waals surface area (Å²) in [5, 5.41) is 2.82. The third kappa shape index (κ3) is 5.22. The number of nitrogens with one attached hydrogen (secondary N) is 1. The van der Waals surface area contributed by atoms with Gasteiger partial charge in [-0.1, -0.05) is 18.9 Å². The summed E-state index contributed by atoms with van der Waals surface area (Å²) in [4.78, 5) is 28.8. The van der Waals surface area contributed by atoms with Crippen LogP contribution in [-0.4, -0.2) is 61.4 Å². The number of ether oxygens (including phenoxy) is 1. The Hall–Kier alpha value is -2.08. The quantitative estimate of drug-likeness (QED) is 0.833. The molecule has 6 heteroatoms. The van der Waals surface area contributed by atoms with Crippen molar-refractivity contribution in [2.45, 2.75) is 44.6 Å².